The molecule has 1 aromatic rings. The zero-order valence-corrected chi connectivity index (χ0v) is 9.82. The molecule has 0 radical (unpaired) electrons. The van der Waals surface area contributed by atoms with Crippen LogP contribution < -0.4 is 5.32 Å². The van der Waals surface area contributed by atoms with Crippen molar-refractivity contribution in [3.63, 3.8) is 0 Å². The molecule has 0 aliphatic carbocycles. The summed E-state index contributed by atoms with van der Waals surface area (Å²) in [5.41, 5.74) is 2.39. The fourth-order valence-electron chi connectivity index (χ4n) is 1.48. The number of aromatic nitrogens is 3. The van der Waals surface area contributed by atoms with Crippen LogP contribution in [-0.2, 0) is 6.54 Å². The van der Waals surface area contributed by atoms with Crippen molar-refractivity contribution < 1.29 is 0 Å². The summed E-state index contributed by atoms with van der Waals surface area (Å²) in [5, 5.41) is 11.1. The van der Waals surface area contributed by atoms with E-state index in [9.17, 15) is 0 Å². The van der Waals surface area contributed by atoms with Gasteiger partial charge in [0.1, 0.15) is 0 Å². The molecular weight excluding hydrogens is 188 g/mol. The molecule has 1 rings (SSSR count). The maximum atomic E-state index is 4.07. The molecule has 0 saturated carbocycles. The standard InChI is InChI=1S/C11H20N4/c1-4-8-15-11(9-13-14-15)10(2)6-5-7-12-3/h6,9,12H,4-5,7-8H2,1-3H3/b10-6+. The molecule has 84 valence electrons. The van der Waals surface area contributed by atoms with E-state index in [2.05, 4.69) is 35.6 Å². The van der Waals surface area contributed by atoms with E-state index < -0.39 is 0 Å². The van der Waals surface area contributed by atoms with E-state index in [0.29, 0.717) is 0 Å². The lowest BCUT2D eigenvalue weighted by Gasteiger charge is -2.04. The van der Waals surface area contributed by atoms with Crippen molar-refractivity contribution in [3.8, 4) is 0 Å². The number of hydrogen-bond donors (Lipinski definition) is 1. The maximum Gasteiger partial charge on any atom is 0.0839 e. The highest BCUT2D eigenvalue weighted by Gasteiger charge is 2.03. The second kappa shape index (κ2) is 6.35. The Morgan fingerprint density at radius 1 is 1.60 bits per heavy atom. The van der Waals surface area contributed by atoms with Crippen LogP contribution in [0.5, 0.6) is 0 Å². The van der Waals surface area contributed by atoms with Gasteiger partial charge in [0.15, 0.2) is 0 Å². The number of rotatable bonds is 6. The normalized spacial score (nSPS) is 12.1. The van der Waals surface area contributed by atoms with E-state index in [0.717, 1.165) is 31.6 Å². The lowest BCUT2D eigenvalue weighted by atomic mass is 10.2. The molecule has 0 unspecified atom stereocenters. The molecule has 0 atom stereocenters. The van der Waals surface area contributed by atoms with Crippen LogP contribution >= 0.6 is 0 Å². The molecule has 0 aliphatic rings. The Bertz CT molecular complexity index is 314. The SMILES string of the molecule is CCCn1nncc1/C(C)=C/CCNC. The van der Waals surface area contributed by atoms with Crippen molar-refractivity contribution in [3.05, 3.63) is 18.0 Å². The van der Waals surface area contributed by atoms with E-state index in [1.807, 2.05) is 17.9 Å². The molecule has 0 fully saturated rings. The molecule has 0 amide bonds. The van der Waals surface area contributed by atoms with E-state index in [1.165, 1.54) is 5.57 Å². The van der Waals surface area contributed by atoms with Crippen LogP contribution in [0.25, 0.3) is 5.57 Å². The summed E-state index contributed by atoms with van der Waals surface area (Å²) in [5.74, 6) is 0. The lowest BCUT2D eigenvalue weighted by molar-refractivity contribution is 0.573. The molecule has 1 N–H and O–H groups in total. The summed E-state index contributed by atoms with van der Waals surface area (Å²) in [6, 6.07) is 0. The van der Waals surface area contributed by atoms with Crippen molar-refractivity contribution in [1.82, 2.24) is 20.3 Å². The summed E-state index contributed by atoms with van der Waals surface area (Å²) in [6.45, 7) is 6.20. The van der Waals surface area contributed by atoms with Crippen LogP contribution in [0.2, 0.25) is 0 Å². The Labute approximate surface area is 91.4 Å². The fourth-order valence-corrected chi connectivity index (χ4v) is 1.48. The molecule has 4 nitrogen and oxygen atoms in total. The topological polar surface area (TPSA) is 42.7 Å². The van der Waals surface area contributed by atoms with Crippen molar-refractivity contribution in [2.45, 2.75) is 33.2 Å². The minimum atomic E-state index is 0.937. The van der Waals surface area contributed by atoms with E-state index in [1.54, 1.807) is 0 Å². The first-order valence-electron chi connectivity index (χ1n) is 5.49. The lowest BCUT2D eigenvalue weighted by Crippen LogP contribution is -2.07. The minimum absolute atomic E-state index is 0.937. The van der Waals surface area contributed by atoms with Crippen LogP contribution in [-0.4, -0.2) is 28.6 Å². The minimum Gasteiger partial charge on any atom is -0.319 e. The number of nitrogens with one attached hydrogen (secondary N) is 1. The number of hydrogen-bond acceptors (Lipinski definition) is 3. The highest BCUT2D eigenvalue weighted by molar-refractivity contribution is 5.59. The van der Waals surface area contributed by atoms with E-state index in [-0.39, 0.29) is 0 Å². The Hall–Kier alpha value is -1.16. The molecule has 4 heteroatoms. The third kappa shape index (κ3) is 3.47. The number of allylic oxidation sites excluding steroid dienone is 1. The molecule has 1 aromatic heterocycles. The Kier molecular flexibility index (Phi) is 5.04. The molecule has 0 aromatic carbocycles. The molecule has 15 heavy (non-hydrogen) atoms. The summed E-state index contributed by atoms with van der Waals surface area (Å²) in [6.07, 6.45) is 6.18. The third-order valence-electron chi connectivity index (χ3n) is 2.30. The first-order chi connectivity index (χ1) is 7.29. The van der Waals surface area contributed by atoms with Crippen molar-refractivity contribution in [2.24, 2.45) is 0 Å². The summed E-state index contributed by atoms with van der Waals surface area (Å²) in [4.78, 5) is 0. The van der Waals surface area contributed by atoms with Gasteiger partial charge in [0.05, 0.1) is 11.9 Å². The number of nitrogens with zero attached hydrogens (tertiary/aromatic N) is 3. The molecule has 0 saturated heterocycles. The zero-order chi connectivity index (χ0) is 11.1. The van der Waals surface area contributed by atoms with Gasteiger partial charge in [0.2, 0.25) is 0 Å². The third-order valence-corrected chi connectivity index (χ3v) is 2.30. The summed E-state index contributed by atoms with van der Waals surface area (Å²) in [7, 11) is 1.96. The average molecular weight is 208 g/mol. The zero-order valence-electron chi connectivity index (χ0n) is 9.82. The summed E-state index contributed by atoms with van der Waals surface area (Å²) >= 11 is 0. The quantitative estimate of drug-likeness (QED) is 0.724. The molecule has 0 aliphatic heterocycles. The van der Waals surface area contributed by atoms with Crippen LogP contribution in [0.4, 0.5) is 0 Å². The van der Waals surface area contributed by atoms with Gasteiger partial charge in [-0.3, -0.25) is 0 Å². The molecule has 1 heterocycles. The smallest absolute Gasteiger partial charge is 0.0839 e. The molecule has 0 bridgehead atoms. The van der Waals surface area contributed by atoms with E-state index >= 15 is 0 Å². The highest BCUT2D eigenvalue weighted by Crippen LogP contribution is 2.12. The Morgan fingerprint density at radius 2 is 2.40 bits per heavy atom. The van der Waals surface area contributed by atoms with Crippen LogP contribution in [0.3, 0.4) is 0 Å². The monoisotopic (exact) mass is 208 g/mol. The Morgan fingerprint density at radius 3 is 3.07 bits per heavy atom. The van der Waals surface area contributed by atoms with Gasteiger partial charge < -0.3 is 5.32 Å². The second-order valence-corrected chi connectivity index (χ2v) is 3.62. The van der Waals surface area contributed by atoms with Gasteiger partial charge in [0, 0.05) is 6.54 Å². The van der Waals surface area contributed by atoms with E-state index in [4.69, 9.17) is 0 Å². The van der Waals surface area contributed by atoms with Gasteiger partial charge in [-0.15, -0.1) is 5.10 Å². The van der Waals surface area contributed by atoms with Crippen LogP contribution in [0.1, 0.15) is 32.4 Å². The highest BCUT2D eigenvalue weighted by atomic mass is 15.4. The fraction of sp³-hybridized carbons (Fsp3) is 0.636. The molecular formula is C11H20N4. The first-order valence-corrected chi connectivity index (χ1v) is 5.49. The van der Waals surface area contributed by atoms with Gasteiger partial charge in [-0.1, -0.05) is 18.2 Å². The van der Waals surface area contributed by atoms with Crippen molar-refractivity contribution in [2.75, 3.05) is 13.6 Å². The van der Waals surface area contributed by atoms with Crippen LogP contribution in [0.15, 0.2) is 12.3 Å². The summed E-state index contributed by atoms with van der Waals surface area (Å²) < 4.78 is 1.96. The van der Waals surface area contributed by atoms with Crippen LogP contribution in [0, 0.1) is 0 Å². The number of aryl methyl sites for hydroxylation is 1. The largest absolute Gasteiger partial charge is 0.319 e. The first kappa shape index (κ1) is 11.9. The van der Waals surface area contributed by atoms with Gasteiger partial charge in [-0.25, -0.2) is 4.68 Å². The maximum absolute atomic E-state index is 4.07. The van der Waals surface area contributed by atoms with Gasteiger partial charge in [0.25, 0.3) is 0 Å². The van der Waals surface area contributed by atoms with Crippen molar-refractivity contribution in [1.29, 1.82) is 0 Å². The molecule has 0 spiro atoms. The van der Waals surface area contributed by atoms with Gasteiger partial charge >= 0.3 is 0 Å². The van der Waals surface area contributed by atoms with Gasteiger partial charge in [-0.2, -0.15) is 0 Å². The Balaban J connectivity index is 2.67. The van der Waals surface area contributed by atoms with Crippen molar-refractivity contribution >= 4 is 5.57 Å². The second-order valence-electron chi connectivity index (χ2n) is 3.62. The average Bonchev–Trinajstić information content (AvgIpc) is 2.67. The predicted octanol–water partition coefficient (Wildman–Crippen LogP) is 1.70. The predicted molar refractivity (Wildman–Crippen MR) is 62.5 cm³/mol. The van der Waals surface area contributed by atoms with Gasteiger partial charge in [-0.05, 0) is 38.9 Å².